The minimum absolute atomic E-state index is 0.432. The summed E-state index contributed by atoms with van der Waals surface area (Å²) >= 11 is 0. The molecule has 0 fully saturated rings. The van der Waals surface area contributed by atoms with E-state index in [4.69, 9.17) is 9.47 Å². The largest absolute Gasteiger partial charge is 0.497 e. The zero-order chi connectivity index (χ0) is 22.2. The second-order valence-electron chi connectivity index (χ2n) is 6.81. The Bertz CT molecular complexity index is 1090. The molecule has 0 saturated carbocycles. The topological polar surface area (TPSA) is 89.0 Å². The van der Waals surface area contributed by atoms with Crippen molar-refractivity contribution in [2.75, 3.05) is 19.0 Å². The van der Waals surface area contributed by atoms with Crippen LogP contribution in [0, 0.1) is 5.92 Å². The highest BCUT2D eigenvalue weighted by Crippen LogP contribution is 2.26. The Kier molecular flexibility index (Phi) is 7.22. The van der Waals surface area contributed by atoms with Crippen LogP contribution >= 0.6 is 0 Å². The van der Waals surface area contributed by atoms with Crippen LogP contribution in [0.3, 0.4) is 0 Å². The standard InChI is InChI=1S/C24H25N3O4/c1-4-31-22-14-9-17-7-5-6-8-20(17)21(22)15-25-27-24(29)16(2)23(28)26-18-10-12-19(30-3)13-11-18/h5-16H,4H2,1-3H3,(H,26,28)(H,27,29). The van der Waals surface area contributed by atoms with Gasteiger partial charge in [0.25, 0.3) is 5.91 Å². The number of hydrogen-bond donors (Lipinski definition) is 2. The maximum Gasteiger partial charge on any atom is 0.252 e. The first kappa shape index (κ1) is 21.8. The van der Waals surface area contributed by atoms with Crippen LogP contribution in [-0.2, 0) is 9.59 Å². The van der Waals surface area contributed by atoms with E-state index < -0.39 is 17.7 Å². The maximum atomic E-state index is 12.4. The van der Waals surface area contributed by atoms with Gasteiger partial charge in [-0.25, -0.2) is 5.43 Å². The van der Waals surface area contributed by atoms with E-state index in [1.54, 1.807) is 37.6 Å². The molecule has 1 atom stereocenters. The number of nitrogens with one attached hydrogen (secondary N) is 2. The van der Waals surface area contributed by atoms with E-state index in [2.05, 4.69) is 15.8 Å². The van der Waals surface area contributed by atoms with E-state index >= 15 is 0 Å². The number of methoxy groups -OCH3 is 1. The number of anilines is 1. The molecule has 3 aromatic carbocycles. The van der Waals surface area contributed by atoms with E-state index in [1.165, 1.54) is 6.92 Å². The van der Waals surface area contributed by atoms with Crippen LogP contribution in [0.15, 0.2) is 65.8 Å². The Morgan fingerprint density at radius 3 is 2.48 bits per heavy atom. The fraction of sp³-hybridized carbons (Fsp3) is 0.208. The van der Waals surface area contributed by atoms with Gasteiger partial charge in [-0.2, -0.15) is 5.10 Å². The highest BCUT2D eigenvalue weighted by atomic mass is 16.5. The second kappa shape index (κ2) is 10.2. The first-order valence-electron chi connectivity index (χ1n) is 9.96. The Balaban J connectivity index is 1.68. The number of benzene rings is 3. The molecule has 0 aliphatic heterocycles. The summed E-state index contributed by atoms with van der Waals surface area (Å²) < 4.78 is 10.8. The lowest BCUT2D eigenvalue weighted by Crippen LogP contribution is -2.34. The molecule has 0 saturated heterocycles. The molecule has 0 aliphatic rings. The lowest BCUT2D eigenvalue weighted by molar-refractivity contribution is -0.131. The molecular formula is C24H25N3O4. The van der Waals surface area contributed by atoms with E-state index in [1.807, 2.05) is 43.3 Å². The van der Waals surface area contributed by atoms with Gasteiger partial charge in [-0.05, 0) is 55.0 Å². The number of nitrogens with zero attached hydrogens (tertiary/aromatic N) is 1. The lowest BCUT2D eigenvalue weighted by atomic mass is 10.0. The minimum Gasteiger partial charge on any atom is -0.497 e. The number of hydrazone groups is 1. The van der Waals surface area contributed by atoms with Gasteiger partial charge < -0.3 is 14.8 Å². The normalized spacial score (nSPS) is 11.8. The summed E-state index contributed by atoms with van der Waals surface area (Å²) in [4.78, 5) is 24.8. The Morgan fingerprint density at radius 1 is 1.03 bits per heavy atom. The van der Waals surface area contributed by atoms with E-state index in [0.717, 1.165) is 16.3 Å². The number of carbonyl (C=O) groups excluding carboxylic acids is 2. The first-order valence-corrected chi connectivity index (χ1v) is 9.96. The van der Waals surface area contributed by atoms with E-state index in [0.29, 0.717) is 23.8 Å². The monoisotopic (exact) mass is 419 g/mol. The summed E-state index contributed by atoms with van der Waals surface area (Å²) in [5.41, 5.74) is 3.78. The van der Waals surface area contributed by atoms with Crippen molar-refractivity contribution in [1.82, 2.24) is 5.43 Å². The van der Waals surface area contributed by atoms with Gasteiger partial charge in [-0.3, -0.25) is 9.59 Å². The van der Waals surface area contributed by atoms with Crippen molar-refractivity contribution in [3.05, 3.63) is 66.2 Å². The third-order valence-electron chi connectivity index (χ3n) is 4.74. The number of fused-ring (bicyclic) bond motifs is 1. The van der Waals surface area contributed by atoms with Gasteiger partial charge >= 0.3 is 0 Å². The average Bonchev–Trinajstić information content (AvgIpc) is 2.80. The average molecular weight is 419 g/mol. The van der Waals surface area contributed by atoms with Crippen molar-refractivity contribution in [2.24, 2.45) is 11.0 Å². The zero-order valence-corrected chi connectivity index (χ0v) is 17.7. The molecular weight excluding hydrogens is 394 g/mol. The van der Waals surface area contributed by atoms with Crippen molar-refractivity contribution < 1.29 is 19.1 Å². The van der Waals surface area contributed by atoms with Crippen LogP contribution in [0.25, 0.3) is 10.8 Å². The first-order chi connectivity index (χ1) is 15.0. The molecule has 1 unspecified atom stereocenters. The SMILES string of the molecule is CCOc1ccc2ccccc2c1C=NNC(=O)C(C)C(=O)Nc1ccc(OC)cc1. The zero-order valence-electron chi connectivity index (χ0n) is 17.7. The number of ether oxygens (including phenoxy) is 2. The second-order valence-corrected chi connectivity index (χ2v) is 6.81. The molecule has 3 aromatic rings. The quantitative estimate of drug-likeness (QED) is 0.328. The predicted octanol–water partition coefficient (Wildman–Crippen LogP) is 3.97. The van der Waals surface area contributed by atoms with Crippen LogP contribution in [-0.4, -0.2) is 31.7 Å². The fourth-order valence-electron chi connectivity index (χ4n) is 2.99. The highest BCUT2D eigenvalue weighted by molar-refractivity contribution is 6.07. The van der Waals surface area contributed by atoms with Crippen LogP contribution < -0.4 is 20.2 Å². The molecule has 7 heteroatoms. The van der Waals surface area contributed by atoms with Gasteiger partial charge in [0.15, 0.2) is 0 Å². The van der Waals surface area contributed by atoms with Crippen LogP contribution in [0.2, 0.25) is 0 Å². The van der Waals surface area contributed by atoms with Crippen molar-refractivity contribution in [3.8, 4) is 11.5 Å². The van der Waals surface area contributed by atoms with Gasteiger partial charge in [0.2, 0.25) is 5.91 Å². The molecule has 0 aliphatic carbocycles. The van der Waals surface area contributed by atoms with Gasteiger partial charge in [-0.1, -0.05) is 30.3 Å². The summed E-state index contributed by atoms with van der Waals surface area (Å²) in [6.07, 6.45) is 1.54. The molecule has 0 spiro atoms. The van der Waals surface area contributed by atoms with Crippen LogP contribution in [0.4, 0.5) is 5.69 Å². The molecule has 2 N–H and O–H groups in total. The minimum atomic E-state index is -0.932. The molecule has 0 bridgehead atoms. The van der Waals surface area contributed by atoms with Gasteiger partial charge in [0, 0.05) is 11.3 Å². The van der Waals surface area contributed by atoms with Crippen molar-refractivity contribution >= 4 is 34.5 Å². The smallest absolute Gasteiger partial charge is 0.252 e. The third kappa shape index (κ3) is 5.39. The fourth-order valence-corrected chi connectivity index (χ4v) is 2.99. The summed E-state index contributed by atoms with van der Waals surface area (Å²) in [7, 11) is 1.57. The summed E-state index contributed by atoms with van der Waals surface area (Å²) in [5, 5.41) is 8.76. The van der Waals surface area contributed by atoms with Crippen molar-refractivity contribution in [1.29, 1.82) is 0 Å². The van der Waals surface area contributed by atoms with E-state index in [9.17, 15) is 9.59 Å². The Hall–Kier alpha value is -3.87. The Morgan fingerprint density at radius 2 is 1.77 bits per heavy atom. The highest BCUT2D eigenvalue weighted by Gasteiger charge is 2.21. The van der Waals surface area contributed by atoms with Crippen LogP contribution in [0.1, 0.15) is 19.4 Å². The van der Waals surface area contributed by atoms with Crippen molar-refractivity contribution in [3.63, 3.8) is 0 Å². The summed E-state index contributed by atoms with van der Waals surface area (Å²) in [6.45, 7) is 3.93. The van der Waals surface area contributed by atoms with Gasteiger partial charge in [-0.15, -0.1) is 0 Å². The number of carbonyl (C=O) groups is 2. The van der Waals surface area contributed by atoms with Crippen molar-refractivity contribution in [2.45, 2.75) is 13.8 Å². The number of amides is 2. The number of rotatable bonds is 8. The summed E-state index contributed by atoms with van der Waals surface area (Å²) in [6, 6.07) is 18.6. The maximum absolute atomic E-state index is 12.4. The van der Waals surface area contributed by atoms with Crippen LogP contribution in [0.5, 0.6) is 11.5 Å². The lowest BCUT2D eigenvalue weighted by Gasteiger charge is -2.12. The third-order valence-corrected chi connectivity index (χ3v) is 4.74. The predicted molar refractivity (Wildman–Crippen MR) is 122 cm³/mol. The van der Waals surface area contributed by atoms with E-state index in [-0.39, 0.29) is 0 Å². The molecule has 3 rings (SSSR count). The molecule has 2 amide bonds. The molecule has 31 heavy (non-hydrogen) atoms. The van der Waals surface area contributed by atoms with Gasteiger partial charge in [0.05, 0.1) is 19.9 Å². The molecule has 0 radical (unpaired) electrons. The number of hydrogen-bond acceptors (Lipinski definition) is 5. The van der Waals surface area contributed by atoms with Gasteiger partial charge in [0.1, 0.15) is 17.4 Å². The molecule has 7 nitrogen and oxygen atoms in total. The Labute approximate surface area is 181 Å². The summed E-state index contributed by atoms with van der Waals surface area (Å²) in [5.74, 6) is -0.529. The molecule has 160 valence electrons. The molecule has 0 aromatic heterocycles. The molecule has 0 heterocycles.